The molecule has 0 saturated carbocycles. The van der Waals surface area contributed by atoms with Gasteiger partial charge in [0.25, 0.3) is 0 Å². The molecule has 2 aliphatic rings. The molecule has 0 radical (unpaired) electrons. The van der Waals surface area contributed by atoms with Crippen molar-refractivity contribution < 1.29 is 9.53 Å². The fourth-order valence-electron chi connectivity index (χ4n) is 4.00. The number of carbonyl (C=O) groups is 1. The third-order valence-electron chi connectivity index (χ3n) is 5.35. The largest absolute Gasteiger partial charge is 0.444 e. The van der Waals surface area contributed by atoms with E-state index in [4.69, 9.17) is 9.72 Å². The van der Waals surface area contributed by atoms with Gasteiger partial charge in [0.1, 0.15) is 11.4 Å². The number of hydrogen-bond acceptors (Lipinski definition) is 5. The lowest BCUT2D eigenvalue weighted by Crippen LogP contribution is -2.37. The number of anilines is 1. The van der Waals surface area contributed by atoms with E-state index in [1.165, 1.54) is 0 Å². The first-order valence-electron chi connectivity index (χ1n) is 10.2. The van der Waals surface area contributed by atoms with Gasteiger partial charge >= 0.3 is 6.09 Å². The summed E-state index contributed by atoms with van der Waals surface area (Å²) in [5.74, 6) is 1.80. The molecule has 2 fully saturated rings. The van der Waals surface area contributed by atoms with E-state index >= 15 is 0 Å². The highest BCUT2D eigenvalue weighted by atomic mass is 16.6. The SMILES string of the molecule is CC(C)(C)OC(=O)N1CC2CN(c3cncc(/C=C/c4ccccc4)n3)CC2C1. The summed E-state index contributed by atoms with van der Waals surface area (Å²) in [6.07, 6.45) is 7.45. The Bertz CT molecular complexity index is 877. The summed E-state index contributed by atoms with van der Waals surface area (Å²) in [5.41, 5.74) is 1.53. The van der Waals surface area contributed by atoms with Crippen LogP contribution in [0.25, 0.3) is 12.2 Å². The van der Waals surface area contributed by atoms with Gasteiger partial charge in [-0.25, -0.2) is 9.78 Å². The third-order valence-corrected chi connectivity index (χ3v) is 5.35. The normalized spacial score (nSPS) is 21.6. The molecule has 0 N–H and O–H groups in total. The second-order valence-electron chi connectivity index (χ2n) is 8.86. The number of amides is 1. The first-order valence-corrected chi connectivity index (χ1v) is 10.2. The van der Waals surface area contributed by atoms with E-state index in [9.17, 15) is 4.79 Å². The molecule has 1 amide bonds. The van der Waals surface area contributed by atoms with Crippen LogP contribution in [0, 0.1) is 11.8 Å². The standard InChI is InChI=1S/C23H28N4O2/c1-23(2,3)29-22(28)27-15-18-13-26(14-19(18)16-27)21-12-24-11-20(25-21)10-9-17-7-5-4-6-8-17/h4-12,18-19H,13-16H2,1-3H3/b10-9+. The lowest BCUT2D eigenvalue weighted by molar-refractivity contribution is 0.0282. The van der Waals surface area contributed by atoms with Gasteiger partial charge in [0, 0.05) is 38.0 Å². The molecular formula is C23H28N4O2. The van der Waals surface area contributed by atoms with Crippen LogP contribution in [-0.2, 0) is 4.74 Å². The van der Waals surface area contributed by atoms with E-state index in [1.54, 1.807) is 6.20 Å². The predicted octanol–water partition coefficient (Wildman–Crippen LogP) is 3.95. The molecule has 1 aromatic heterocycles. The van der Waals surface area contributed by atoms with Gasteiger partial charge in [-0.2, -0.15) is 0 Å². The summed E-state index contributed by atoms with van der Waals surface area (Å²) in [7, 11) is 0. The van der Waals surface area contributed by atoms with Gasteiger partial charge in [-0.05, 0) is 32.4 Å². The van der Waals surface area contributed by atoms with Crippen molar-refractivity contribution in [3.63, 3.8) is 0 Å². The van der Waals surface area contributed by atoms with Crippen molar-refractivity contribution in [1.82, 2.24) is 14.9 Å². The van der Waals surface area contributed by atoms with Crippen LogP contribution in [0.15, 0.2) is 42.7 Å². The highest BCUT2D eigenvalue weighted by molar-refractivity contribution is 5.69. The van der Waals surface area contributed by atoms with Crippen LogP contribution in [0.2, 0.25) is 0 Å². The lowest BCUT2D eigenvalue weighted by Gasteiger charge is -2.26. The summed E-state index contributed by atoms with van der Waals surface area (Å²) < 4.78 is 5.52. The van der Waals surface area contributed by atoms with Crippen molar-refractivity contribution >= 4 is 24.1 Å². The van der Waals surface area contributed by atoms with Gasteiger partial charge in [-0.15, -0.1) is 0 Å². The van der Waals surface area contributed by atoms with Crippen molar-refractivity contribution in [1.29, 1.82) is 0 Å². The summed E-state index contributed by atoms with van der Waals surface area (Å²) in [5, 5.41) is 0. The number of benzene rings is 1. The first kappa shape index (κ1) is 19.4. The fourth-order valence-corrected chi connectivity index (χ4v) is 4.00. The quantitative estimate of drug-likeness (QED) is 0.792. The minimum absolute atomic E-state index is 0.203. The van der Waals surface area contributed by atoms with Gasteiger partial charge in [0.05, 0.1) is 18.1 Å². The minimum atomic E-state index is -0.454. The summed E-state index contributed by atoms with van der Waals surface area (Å²) >= 11 is 0. The zero-order valence-electron chi connectivity index (χ0n) is 17.3. The van der Waals surface area contributed by atoms with Crippen LogP contribution in [0.4, 0.5) is 10.6 Å². The Balaban J connectivity index is 1.37. The molecule has 29 heavy (non-hydrogen) atoms. The zero-order chi connectivity index (χ0) is 20.4. The molecule has 6 nitrogen and oxygen atoms in total. The molecule has 1 aromatic carbocycles. The minimum Gasteiger partial charge on any atom is -0.444 e. The van der Waals surface area contributed by atoms with Crippen molar-refractivity contribution in [3.05, 3.63) is 54.0 Å². The van der Waals surface area contributed by atoms with Gasteiger partial charge in [-0.3, -0.25) is 4.98 Å². The number of likely N-dealkylation sites (tertiary alicyclic amines) is 1. The summed E-state index contributed by atoms with van der Waals surface area (Å²) in [6.45, 7) is 8.99. The Morgan fingerprint density at radius 2 is 1.72 bits per heavy atom. The van der Waals surface area contributed by atoms with Crippen molar-refractivity contribution in [3.8, 4) is 0 Å². The second kappa shape index (κ2) is 7.85. The number of hydrogen-bond donors (Lipinski definition) is 0. The molecule has 2 aliphatic heterocycles. The highest BCUT2D eigenvalue weighted by Crippen LogP contribution is 2.33. The van der Waals surface area contributed by atoms with Crippen LogP contribution in [-0.4, -0.2) is 52.7 Å². The molecule has 2 saturated heterocycles. The number of ether oxygens (including phenoxy) is 1. The maximum atomic E-state index is 12.3. The monoisotopic (exact) mass is 392 g/mol. The summed E-state index contributed by atoms with van der Waals surface area (Å²) in [4.78, 5) is 25.6. The highest BCUT2D eigenvalue weighted by Gasteiger charge is 2.43. The van der Waals surface area contributed by atoms with Crippen molar-refractivity contribution in [2.45, 2.75) is 26.4 Å². The Hall–Kier alpha value is -2.89. The van der Waals surface area contributed by atoms with Crippen LogP contribution in [0.5, 0.6) is 0 Å². The van der Waals surface area contributed by atoms with Crippen LogP contribution in [0.1, 0.15) is 32.0 Å². The Labute approximate surface area is 172 Å². The lowest BCUT2D eigenvalue weighted by atomic mass is 10.0. The fraction of sp³-hybridized carbons (Fsp3) is 0.435. The van der Waals surface area contributed by atoms with E-state index in [2.05, 4.69) is 22.0 Å². The molecule has 2 aromatic rings. The molecule has 0 bridgehead atoms. The molecular weight excluding hydrogens is 364 g/mol. The van der Waals surface area contributed by atoms with E-state index in [-0.39, 0.29) is 6.09 Å². The van der Waals surface area contributed by atoms with Crippen LogP contribution < -0.4 is 4.90 Å². The van der Waals surface area contributed by atoms with Crippen molar-refractivity contribution in [2.24, 2.45) is 11.8 Å². The molecule has 6 heteroatoms. The molecule has 3 heterocycles. The maximum Gasteiger partial charge on any atom is 0.410 e. The topological polar surface area (TPSA) is 58.6 Å². The Kier molecular flexibility index (Phi) is 5.26. The summed E-state index contributed by atoms with van der Waals surface area (Å²) in [6, 6.07) is 10.2. The Morgan fingerprint density at radius 3 is 2.38 bits per heavy atom. The number of carbonyl (C=O) groups excluding carboxylic acids is 1. The van der Waals surface area contributed by atoms with Crippen LogP contribution >= 0.6 is 0 Å². The molecule has 152 valence electrons. The number of nitrogens with zero attached hydrogens (tertiary/aromatic N) is 4. The molecule has 0 spiro atoms. The van der Waals surface area contributed by atoms with E-state index < -0.39 is 5.60 Å². The predicted molar refractivity (Wildman–Crippen MR) is 114 cm³/mol. The molecule has 2 atom stereocenters. The smallest absolute Gasteiger partial charge is 0.410 e. The number of fused-ring (bicyclic) bond motifs is 1. The van der Waals surface area contributed by atoms with Gasteiger partial charge in [-0.1, -0.05) is 36.4 Å². The number of rotatable bonds is 3. The average Bonchev–Trinajstić information content (AvgIpc) is 3.25. The van der Waals surface area contributed by atoms with Crippen molar-refractivity contribution in [2.75, 3.05) is 31.1 Å². The van der Waals surface area contributed by atoms with E-state index in [0.29, 0.717) is 11.8 Å². The maximum absolute atomic E-state index is 12.3. The van der Waals surface area contributed by atoms with E-state index in [0.717, 1.165) is 43.3 Å². The molecule has 4 rings (SSSR count). The van der Waals surface area contributed by atoms with E-state index in [1.807, 2.05) is 62.2 Å². The third kappa shape index (κ3) is 4.75. The number of aromatic nitrogens is 2. The van der Waals surface area contributed by atoms with Gasteiger partial charge < -0.3 is 14.5 Å². The van der Waals surface area contributed by atoms with Gasteiger partial charge in [0.15, 0.2) is 0 Å². The van der Waals surface area contributed by atoms with Gasteiger partial charge in [0.2, 0.25) is 0 Å². The van der Waals surface area contributed by atoms with Crippen LogP contribution in [0.3, 0.4) is 0 Å². The first-order chi connectivity index (χ1) is 13.9. The average molecular weight is 393 g/mol. The second-order valence-corrected chi connectivity index (χ2v) is 8.86. The zero-order valence-corrected chi connectivity index (χ0v) is 17.3. The molecule has 2 unspecified atom stereocenters. The Morgan fingerprint density at radius 1 is 1.03 bits per heavy atom. The molecule has 0 aliphatic carbocycles.